The number of fused-ring (bicyclic) bond motifs is 5. The zero-order valence-electron chi connectivity index (χ0n) is 18.6. The Bertz CT molecular complexity index is 902. The van der Waals surface area contributed by atoms with Crippen LogP contribution in [0.2, 0.25) is 0 Å². The zero-order chi connectivity index (χ0) is 22.8. The molecule has 0 amide bonds. The maximum atomic E-state index is 11.3. The zero-order valence-corrected chi connectivity index (χ0v) is 20.2. The minimum absolute atomic E-state index is 0.000248. The van der Waals surface area contributed by atoms with Gasteiger partial charge in [0, 0.05) is 0 Å². The van der Waals surface area contributed by atoms with E-state index in [4.69, 9.17) is 17.5 Å². The van der Waals surface area contributed by atoms with Crippen molar-refractivity contribution in [2.45, 2.75) is 90.8 Å². The molecule has 0 spiro atoms. The van der Waals surface area contributed by atoms with Gasteiger partial charge in [0.25, 0.3) is 0 Å². The van der Waals surface area contributed by atoms with Crippen LogP contribution in [0.5, 0.6) is 0 Å². The van der Waals surface area contributed by atoms with Crippen LogP contribution in [0.3, 0.4) is 0 Å². The van der Waals surface area contributed by atoms with Gasteiger partial charge in [-0.2, -0.15) is 16.8 Å². The minimum atomic E-state index is -4.47. The molecule has 8 nitrogen and oxygen atoms in total. The molecule has 0 bridgehead atoms. The molecule has 9 atom stereocenters. The lowest BCUT2D eigenvalue weighted by molar-refractivity contribution is -0.129. The predicted octanol–water partition coefficient (Wildman–Crippen LogP) is 4.04. The van der Waals surface area contributed by atoms with Crippen LogP contribution in [0, 0.1) is 40.4 Å². The molecule has 0 aromatic rings. The Hall–Kier alpha value is -0.260. The Balaban J connectivity index is 1.50. The Kier molecular flexibility index (Phi) is 6.09. The average molecular weight is 481 g/mol. The van der Waals surface area contributed by atoms with Gasteiger partial charge in [0.2, 0.25) is 0 Å². The third kappa shape index (κ3) is 4.45. The van der Waals surface area contributed by atoms with Crippen molar-refractivity contribution in [2.24, 2.45) is 40.4 Å². The molecule has 0 aromatic carbocycles. The molecule has 0 heterocycles. The fraction of sp³-hybridized carbons (Fsp3) is 1.00. The second kappa shape index (κ2) is 7.91. The van der Waals surface area contributed by atoms with E-state index in [0.717, 1.165) is 44.9 Å². The van der Waals surface area contributed by atoms with Crippen LogP contribution in [0.15, 0.2) is 0 Å². The predicted molar refractivity (Wildman–Crippen MR) is 114 cm³/mol. The summed E-state index contributed by atoms with van der Waals surface area (Å²) >= 11 is 0. The highest BCUT2D eigenvalue weighted by atomic mass is 32.3. The fourth-order valence-electron chi connectivity index (χ4n) is 8.55. The molecule has 0 saturated heterocycles. The van der Waals surface area contributed by atoms with Crippen molar-refractivity contribution < 1.29 is 34.3 Å². The lowest BCUT2D eigenvalue weighted by atomic mass is 9.44. The minimum Gasteiger partial charge on any atom is -0.264 e. The molecule has 0 unspecified atom stereocenters. The van der Waals surface area contributed by atoms with Crippen molar-refractivity contribution in [3.63, 3.8) is 0 Å². The van der Waals surface area contributed by atoms with E-state index in [1.807, 2.05) is 0 Å². The Morgan fingerprint density at radius 3 is 2.13 bits per heavy atom. The quantitative estimate of drug-likeness (QED) is 0.564. The highest BCUT2D eigenvalue weighted by Gasteiger charge is 2.61. The smallest absolute Gasteiger partial charge is 0.264 e. The number of hydrogen-bond donors (Lipinski definition) is 2. The summed E-state index contributed by atoms with van der Waals surface area (Å²) in [5.41, 5.74) is 0.137. The molecule has 4 rings (SSSR count). The van der Waals surface area contributed by atoms with Crippen molar-refractivity contribution in [3.8, 4) is 0 Å². The first kappa shape index (κ1) is 23.9. The van der Waals surface area contributed by atoms with Crippen LogP contribution < -0.4 is 0 Å². The van der Waals surface area contributed by atoms with Crippen LogP contribution in [0.1, 0.15) is 78.6 Å². The SMILES string of the molecule is C[C@H](OS(=O)(=O)O)[C@H]1CC[C@H]2[C@@H]3CC[C@H]4C[C@@H](OS(=O)(=O)O)CC[C@]4(C)[C@H]3CC[C@]12C. The van der Waals surface area contributed by atoms with Gasteiger partial charge in [-0.25, -0.2) is 8.37 Å². The maximum Gasteiger partial charge on any atom is 0.397 e. The molecule has 4 fully saturated rings. The summed E-state index contributed by atoms with van der Waals surface area (Å²) in [5.74, 6) is 2.13. The summed E-state index contributed by atoms with van der Waals surface area (Å²) in [5, 5.41) is 0. The summed E-state index contributed by atoms with van der Waals surface area (Å²) in [6.45, 7) is 6.39. The average Bonchev–Trinajstić information content (AvgIpc) is 2.97. The van der Waals surface area contributed by atoms with E-state index in [9.17, 15) is 16.8 Å². The van der Waals surface area contributed by atoms with E-state index >= 15 is 0 Å². The Labute approximate surface area is 186 Å². The Morgan fingerprint density at radius 1 is 0.839 bits per heavy atom. The topological polar surface area (TPSA) is 127 Å². The molecular formula is C21H36O8S2. The van der Waals surface area contributed by atoms with Crippen LogP contribution in [0.4, 0.5) is 0 Å². The van der Waals surface area contributed by atoms with E-state index in [2.05, 4.69) is 13.8 Å². The standard InChI is InChI=1S/C21H36O8S2/c1-13(28-30(22,23)24)17-6-7-18-16-5-4-14-12-15(29-31(25,26)27)8-10-20(14,2)19(16)9-11-21(17,18)3/h13-19H,4-12H2,1-3H3,(H,22,23,24)(H,25,26,27)/t13-,14-,15-,16-,17+,18-,19-,20-,21+/m0/s1. The van der Waals surface area contributed by atoms with E-state index in [-0.39, 0.29) is 16.7 Å². The molecule has 2 N–H and O–H groups in total. The van der Waals surface area contributed by atoms with Gasteiger partial charge in [-0.1, -0.05) is 13.8 Å². The highest BCUT2D eigenvalue weighted by molar-refractivity contribution is 7.81. The highest BCUT2D eigenvalue weighted by Crippen LogP contribution is 2.68. The summed E-state index contributed by atoms with van der Waals surface area (Å²) < 4.78 is 73.0. The van der Waals surface area contributed by atoms with Crippen molar-refractivity contribution in [2.75, 3.05) is 0 Å². The fourth-order valence-corrected chi connectivity index (χ4v) is 9.59. The van der Waals surface area contributed by atoms with E-state index in [1.54, 1.807) is 6.92 Å². The van der Waals surface area contributed by atoms with E-state index in [0.29, 0.717) is 36.5 Å². The monoisotopic (exact) mass is 480 g/mol. The van der Waals surface area contributed by atoms with Crippen molar-refractivity contribution >= 4 is 20.8 Å². The molecule has 180 valence electrons. The summed E-state index contributed by atoms with van der Waals surface area (Å²) in [6.07, 6.45) is 7.38. The van der Waals surface area contributed by atoms with Gasteiger partial charge in [-0.15, -0.1) is 0 Å². The van der Waals surface area contributed by atoms with Crippen molar-refractivity contribution in [1.82, 2.24) is 0 Å². The molecule has 0 radical (unpaired) electrons. The Morgan fingerprint density at radius 2 is 1.48 bits per heavy atom. The first-order chi connectivity index (χ1) is 14.2. The molecule has 4 aliphatic rings. The second-order valence-corrected chi connectivity index (χ2v) is 13.1. The lowest BCUT2D eigenvalue weighted by Gasteiger charge is -2.61. The van der Waals surface area contributed by atoms with Crippen LogP contribution >= 0.6 is 0 Å². The number of rotatable bonds is 5. The van der Waals surface area contributed by atoms with Gasteiger partial charge in [-0.3, -0.25) is 9.11 Å². The third-order valence-electron chi connectivity index (χ3n) is 9.79. The second-order valence-electron chi connectivity index (χ2n) is 11.0. The molecule has 4 saturated carbocycles. The van der Waals surface area contributed by atoms with Crippen LogP contribution in [-0.4, -0.2) is 38.1 Å². The normalized spacial score (nSPS) is 46.6. The summed E-state index contributed by atoms with van der Waals surface area (Å²) in [4.78, 5) is 0. The first-order valence-corrected chi connectivity index (χ1v) is 14.3. The lowest BCUT2D eigenvalue weighted by Crippen LogP contribution is -2.54. The maximum absolute atomic E-state index is 11.3. The van der Waals surface area contributed by atoms with Crippen molar-refractivity contribution in [3.05, 3.63) is 0 Å². The van der Waals surface area contributed by atoms with Gasteiger partial charge < -0.3 is 0 Å². The molecule has 0 aliphatic heterocycles. The third-order valence-corrected chi connectivity index (χ3v) is 10.9. The molecular weight excluding hydrogens is 444 g/mol. The summed E-state index contributed by atoms with van der Waals surface area (Å²) in [7, 11) is -8.89. The van der Waals surface area contributed by atoms with Gasteiger partial charge in [-0.05, 0) is 105 Å². The summed E-state index contributed by atoms with van der Waals surface area (Å²) in [6, 6.07) is 0. The molecule has 10 heteroatoms. The van der Waals surface area contributed by atoms with Gasteiger partial charge in [0.15, 0.2) is 0 Å². The van der Waals surface area contributed by atoms with E-state index < -0.39 is 33.0 Å². The van der Waals surface area contributed by atoms with Gasteiger partial charge >= 0.3 is 20.8 Å². The molecule has 0 aromatic heterocycles. The molecule has 4 aliphatic carbocycles. The van der Waals surface area contributed by atoms with Crippen LogP contribution in [-0.2, 0) is 29.2 Å². The first-order valence-electron chi connectivity index (χ1n) is 11.5. The van der Waals surface area contributed by atoms with Crippen LogP contribution in [0.25, 0.3) is 0 Å². The van der Waals surface area contributed by atoms with Gasteiger partial charge in [0.1, 0.15) is 0 Å². The largest absolute Gasteiger partial charge is 0.397 e. The van der Waals surface area contributed by atoms with Crippen molar-refractivity contribution in [1.29, 1.82) is 0 Å². The number of hydrogen-bond acceptors (Lipinski definition) is 6. The van der Waals surface area contributed by atoms with E-state index in [1.165, 1.54) is 0 Å². The van der Waals surface area contributed by atoms with Gasteiger partial charge in [0.05, 0.1) is 12.2 Å². The molecule has 31 heavy (non-hydrogen) atoms.